The van der Waals surface area contributed by atoms with Crippen LogP contribution >= 0.6 is 0 Å². The van der Waals surface area contributed by atoms with Crippen LogP contribution in [-0.2, 0) is 16.4 Å². The van der Waals surface area contributed by atoms with Crippen LogP contribution in [-0.4, -0.2) is 42.0 Å². The molecule has 1 fully saturated rings. The van der Waals surface area contributed by atoms with Crippen molar-refractivity contribution in [3.8, 4) is 11.4 Å². The maximum atomic E-state index is 13.7. The first-order valence-corrected chi connectivity index (χ1v) is 9.47. The van der Waals surface area contributed by atoms with Crippen molar-refractivity contribution in [3.05, 3.63) is 23.8 Å². The molecule has 2 aromatic rings. The summed E-state index contributed by atoms with van der Waals surface area (Å²) in [6, 6.07) is 4.56. The van der Waals surface area contributed by atoms with Crippen molar-refractivity contribution >= 4 is 10.0 Å². The van der Waals surface area contributed by atoms with Crippen LogP contribution in [0, 0.1) is 5.92 Å². The van der Waals surface area contributed by atoms with Gasteiger partial charge < -0.3 is 0 Å². The molecular weight excluding hydrogens is 352 g/mol. The molecule has 0 amide bonds. The maximum absolute atomic E-state index is 13.7. The number of H-pyrrole nitrogens is 1. The van der Waals surface area contributed by atoms with Crippen LogP contribution < -0.4 is 4.72 Å². The fraction of sp³-hybridized carbons (Fsp3) is 0.533. The average Bonchev–Trinajstić information content (AvgIpc) is 3.08. The molecule has 25 heavy (non-hydrogen) atoms. The quantitative estimate of drug-likeness (QED) is 0.839. The van der Waals surface area contributed by atoms with E-state index >= 15 is 0 Å². The van der Waals surface area contributed by atoms with E-state index < -0.39 is 15.9 Å². The third-order valence-electron chi connectivity index (χ3n) is 4.50. The summed E-state index contributed by atoms with van der Waals surface area (Å²) in [5, 5.41) is 13.6. The minimum absolute atomic E-state index is 0.0625. The molecule has 2 N–H and O–H groups in total. The molecule has 1 aromatic carbocycles. The molecule has 1 aliphatic rings. The molecule has 1 aliphatic carbocycles. The predicted octanol–water partition coefficient (Wildman–Crippen LogP) is 2.14. The molecule has 0 aliphatic heterocycles. The van der Waals surface area contributed by atoms with Gasteiger partial charge in [-0.1, -0.05) is 6.07 Å². The van der Waals surface area contributed by atoms with Gasteiger partial charge in [-0.25, -0.2) is 21.9 Å². The van der Waals surface area contributed by atoms with Crippen LogP contribution in [0.15, 0.2) is 23.1 Å². The van der Waals surface area contributed by atoms with Crippen molar-refractivity contribution in [1.82, 2.24) is 25.3 Å². The standard InChI is InChI=1S/C15H19F2N5O2S/c1-18-25(23,24)12-5-4-11(13(8-12)14-19-21-22-20-14)7-10-3-2-6-15(16,17)9-10/h4-5,8,10,18H,2-3,6-7,9H2,1H3,(H,19,20,21,22). The highest BCUT2D eigenvalue weighted by Gasteiger charge is 2.36. The van der Waals surface area contributed by atoms with Crippen molar-refractivity contribution in [2.75, 3.05) is 7.05 Å². The van der Waals surface area contributed by atoms with Gasteiger partial charge in [0.2, 0.25) is 21.8 Å². The lowest BCUT2D eigenvalue weighted by Gasteiger charge is -2.29. The lowest BCUT2D eigenvalue weighted by atomic mass is 9.82. The molecule has 0 spiro atoms. The zero-order chi connectivity index (χ0) is 18.1. The van der Waals surface area contributed by atoms with Gasteiger partial charge in [0, 0.05) is 18.4 Å². The van der Waals surface area contributed by atoms with E-state index in [2.05, 4.69) is 25.3 Å². The van der Waals surface area contributed by atoms with Crippen molar-refractivity contribution in [1.29, 1.82) is 0 Å². The molecular formula is C15H19F2N5O2S. The minimum Gasteiger partial charge on any atom is -0.214 e. The van der Waals surface area contributed by atoms with Gasteiger partial charge in [0.15, 0.2) is 0 Å². The van der Waals surface area contributed by atoms with E-state index in [-0.39, 0.29) is 29.5 Å². The van der Waals surface area contributed by atoms with Crippen LogP contribution in [0.2, 0.25) is 0 Å². The number of alkyl halides is 2. The molecule has 0 bridgehead atoms. The Morgan fingerprint density at radius 3 is 2.84 bits per heavy atom. The first-order chi connectivity index (χ1) is 11.8. The van der Waals surface area contributed by atoms with E-state index in [9.17, 15) is 17.2 Å². The molecule has 1 atom stereocenters. The Morgan fingerprint density at radius 2 is 2.20 bits per heavy atom. The smallest absolute Gasteiger partial charge is 0.214 e. The Labute approximate surface area is 144 Å². The lowest BCUT2D eigenvalue weighted by molar-refractivity contribution is -0.0521. The highest BCUT2D eigenvalue weighted by atomic mass is 32.2. The predicted molar refractivity (Wildman–Crippen MR) is 86.5 cm³/mol. The molecule has 1 aromatic heterocycles. The zero-order valence-corrected chi connectivity index (χ0v) is 14.5. The largest absolute Gasteiger partial charge is 0.248 e. The van der Waals surface area contributed by atoms with E-state index in [1.807, 2.05) is 0 Å². The number of sulfonamides is 1. The van der Waals surface area contributed by atoms with Crippen LogP contribution in [0.5, 0.6) is 0 Å². The fourth-order valence-electron chi connectivity index (χ4n) is 3.26. The summed E-state index contributed by atoms with van der Waals surface area (Å²) in [5.74, 6) is -2.56. The number of aromatic amines is 1. The number of halogens is 2. The van der Waals surface area contributed by atoms with E-state index in [4.69, 9.17) is 0 Å². The number of rotatable bonds is 5. The Balaban J connectivity index is 1.96. The van der Waals surface area contributed by atoms with Crippen molar-refractivity contribution in [2.24, 2.45) is 5.92 Å². The number of nitrogens with one attached hydrogen (secondary N) is 2. The van der Waals surface area contributed by atoms with E-state index in [0.29, 0.717) is 18.4 Å². The van der Waals surface area contributed by atoms with Gasteiger partial charge in [-0.3, -0.25) is 0 Å². The fourth-order valence-corrected chi connectivity index (χ4v) is 4.02. The molecule has 3 rings (SSSR count). The summed E-state index contributed by atoms with van der Waals surface area (Å²) in [6.45, 7) is 0. The topological polar surface area (TPSA) is 101 Å². The zero-order valence-electron chi connectivity index (χ0n) is 13.7. The normalized spacial score (nSPS) is 20.5. The highest BCUT2D eigenvalue weighted by Crippen LogP contribution is 2.39. The Morgan fingerprint density at radius 1 is 1.40 bits per heavy atom. The minimum atomic E-state index is -3.64. The monoisotopic (exact) mass is 371 g/mol. The number of tetrazole rings is 1. The summed E-state index contributed by atoms with van der Waals surface area (Å²) in [6.07, 6.45) is 1.40. The molecule has 1 saturated carbocycles. The summed E-state index contributed by atoms with van der Waals surface area (Å²) in [5.41, 5.74) is 1.22. The SMILES string of the molecule is CNS(=O)(=O)c1ccc(CC2CCCC(F)(F)C2)c(-c2nn[nH]n2)c1. The van der Waals surface area contributed by atoms with Gasteiger partial charge in [0.25, 0.3) is 0 Å². The second-order valence-corrected chi connectivity index (χ2v) is 8.17. The van der Waals surface area contributed by atoms with Crippen LogP contribution in [0.3, 0.4) is 0 Å². The summed E-state index contributed by atoms with van der Waals surface area (Å²) in [7, 11) is -2.32. The van der Waals surface area contributed by atoms with Gasteiger partial charge >= 0.3 is 0 Å². The van der Waals surface area contributed by atoms with Crippen LogP contribution in [0.1, 0.15) is 31.2 Å². The molecule has 0 saturated heterocycles. The van der Waals surface area contributed by atoms with E-state index in [1.165, 1.54) is 19.2 Å². The Bertz CT molecular complexity index is 840. The molecule has 1 unspecified atom stereocenters. The molecule has 0 radical (unpaired) electrons. The first kappa shape index (κ1) is 17.9. The van der Waals surface area contributed by atoms with Crippen molar-refractivity contribution < 1.29 is 17.2 Å². The van der Waals surface area contributed by atoms with Crippen LogP contribution in [0.25, 0.3) is 11.4 Å². The number of aromatic nitrogens is 4. The van der Waals surface area contributed by atoms with Crippen LogP contribution in [0.4, 0.5) is 8.78 Å². The van der Waals surface area contributed by atoms with Crippen molar-refractivity contribution in [2.45, 2.75) is 42.9 Å². The summed E-state index contributed by atoms with van der Waals surface area (Å²) < 4.78 is 53.7. The van der Waals surface area contributed by atoms with Crippen molar-refractivity contribution in [3.63, 3.8) is 0 Å². The van der Waals surface area contributed by atoms with E-state index in [1.54, 1.807) is 6.07 Å². The second kappa shape index (κ2) is 6.75. The van der Waals surface area contributed by atoms with Gasteiger partial charge in [0.05, 0.1) is 4.90 Å². The molecule has 136 valence electrons. The van der Waals surface area contributed by atoms with E-state index in [0.717, 1.165) is 12.0 Å². The van der Waals surface area contributed by atoms with Gasteiger partial charge in [-0.05, 0) is 55.1 Å². The summed E-state index contributed by atoms with van der Waals surface area (Å²) >= 11 is 0. The number of benzene rings is 1. The summed E-state index contributed by atoms with van der Waals surface area (Å²) in [4.78, 5) is 0.0625. The molecule has 10 heteroatoms. The maximum Gasteiger partial charge on any atom is 0.248 e. The number of hydrogen-bond donors (Lipinski definition) is 2. The van der Waals surface area contributed by atoms with Gasteiger partial charge in [0.1, 0.15) is 0 Å². The third kappa shape index (κ3) is 4.01. The first-order valence-electron chi connectivity index (χ1n) is 7.99. The average molecular weight is 371 g/mol. The lowest BCUT2D eigenvalue weighted by Crippen LogP contribution is -2.27. The highest BCUT2D eigenvalue weighted by molar-refractivity contribution is 7.89. The van der Waals surface area contributed by atoms with Gasteiger partial charge in [-0.2, -0.15) is 5.21 Å². The Hall–Kier alpha value is -1.94. The third-order valence-corrected chi connectivity index (χ3v) is 5.91. The number of hydrogen-bond acceptors (Lipinski definition) is 5. The second-order valence-electron chi connectivity index (χ2n) is 6.28. The molecule has 1 heterocycles. The molecule has 7 nitrogen and oxygen atoms in total. The van der Waals surface area contributed by atoms with Gasteiger partial charge in [-0.15, -0.1) is 10.2 Å². The Kier molecular flexibility index (Phi) is 4.83. The number of nitrogens with zero attached hydrogens (tertiary/aromatic N) is 3.